The number of benzene rings is 1. The van der Waals surface area contributed by atoms with Gasteiger partial charge in [0, 0.05) is 49.5 Å². The zero-order valence-electron chi connectivity index (χ0n) is 13.7. The van der Waals surface area contributed by atoms with Crippen LogP contribution < -0.4 is 10.2 Å². The number of carbonyl (C=O) groups excluding carboxylic acids is 1. The molecule has 0 aromatic heterocycles. The van der Waals surface area contributed by atoms with Crippen LogP contribution in [0.1, 0.15) is 43.5 Å². The molecule has 1 atom stereocenters. The first-order valence-electron chi connectivity index (χ1n) is 8.53. The van der Waals surface area contributed by atoms with E-state index >= 15 is 0 Å². The van der Waals surface area contributed by atoms with Gasteiger partial charge in [-0.3, -0.25) is 9.69 Å². The maximum Gasteiger partial charge on any atom is 0.251 e. The normalized spacial score (nSPS) is 22.5. The molecule has 0 saturated carbocycles. The van der Waals surface area contributed by atoms with E-state index in [1.807, 2.05) is 12.1 Å². The van der Waals surface area contributed by atoms with Crippen LogP contribution in [0.5, 0.6) is 0 Å². The van der Waals surface area contributed by atoms with Crippen molar-refractivity contribution in [2.45, 2.75) is 45.2 Å². The van der Waals surface area contributed by atoms with E-state index < -0.39 is 0 Å². The molecule has 2 aliphatic rings. The largest absolute Gasteiger partial charge is 0.372 e. The summed E-state index contributed by atoms with van der Waals surface area (Å²) in [6.45, 7) is 8.74. The summed E-state index contributed by atoms with van der Waals surface area (Å²) >= 11 is 0. The molecular formula is C18H27N3O. The summed E-state index contributed by atoms with van der Waals surface area (Å²) in [5, 5.41) is 3.17. The minimum Gasteiger partial charge on any atom is -0.372 e. The monoisotopic (exact) mass is 301 g/mol. The van der Waals surface area contributed by atoms with Gasteiger partial charge >= 0.3 is 0 Å². The van der Waals surface area contributed by atoms with Gasteiger partial charge < -0.3 is 10.2 Å². The second-order valence-corrected chi connectivity index (χ2v) is 6.79. The van der Waals surface area contributed by atoms with Crippen LogP contribution in [0.4, 0.5) is 5.69 Å². The van der Waals surface area contributed by atoms with Crippen LogP contribution in [0.25, 0.3) is 0 Å². The number of nitrogens with one attached hydrogen (secondary N) is 1. The van der Waals surface area contributed by atoms with E-state index in [-0.39, 0.29) is 11.9 Å². The van der Waals surface area contributed by atoms with Gasteiger partial charge in [-0.1, -0.05) is 0 Å². The summed E-state index contributed by atoms with van der Waals surface area (Å²) in [5.74, 6) is 0.0589. The minimum absolute atomic E-state index is 0.0589. The van der Waals surface area contributed by atoms with Crippen molar-refractivity contribution in [1.29, 1.82) is 0 Å². The molecule has 120 valence electrons. The standard InChI is InChI=1S/C18H27N3O/c1-14(2)21-12-9-16(13-21)19-18(22)15-5-7-17(8-6-15)20-10-3-4-11-20/h5-8,14,16H,3-4,9-13H2,1-2H3,(H,19,22)/t16-/m0/s1. The van der Waals surface area contributed by atoms with Gasteiger partial charge in [0.15, 0.2) is 0 Å². The summed E-state index contributed by atoms with van der Waals surface area (Å²) in [5.41, 5.74) is 2.01. The second-order valence-electron chi connectivity index (χ2n) is 6.79. The fourth-order valence-electron chi connectivity index (χ4n) is 3.44. The molecule has 22 heavy (non-hydrogen) atoms. The first-order chi connectivity index (χ1) is 10.6. The van der Waals surface area contributed by atoms with Crippen molar-refractivity contribution in [3.63, 3.8) is 0 Å². The maximum atomic E-state index is 12.4. The predicted molar refractivity (Wildman–Crippen MR) is 90.5 cm³/mol. The Balaban J connectivity index is 1.56. The van der Waals surface area contributed by atoms with Crippen molar-refractivity contribution in [2.75, 3.05) is 31.1 Å². The zero-order chi connectivity index (χ0) is 15.5. The summed E-state index contributed by atoms with van der Waals surface area (Å²) in [7, 11) is 0. The van der Waals surface area contributed by atoms with Gasteiger partial charge in [-0.25, -0.2) is 0 Å². The van der Waals surface area contributed by atoms with Crippen LogP contribution in [-0.2, 0) is 0 Å². The van der Waals surface area contributed by atoms with E-state index in [4.69, 9.17) is 0 Å². The fraction of sp³-hybridized carbons (Fsp3) is 0.611. The third kappa shape index (κ3) is 3.43. The van der Waals surface area contributed by atoms with Gasteiger partial charge in [-0.05, 0) is 57.4 Å². The lowest BCUT2D eigenvalue weighted by Crippen LogP contribution is -2.38. The third-order valence-corrected chi connectivity index (χ3v) is 4.89. The number of hydrogen-bond donors (Lipinski definition) is 1. The average molecular weight is 301 g/mol. The Bertz CT molecular complexity index is 506. The smallest absolute Gasteiger partial charge is 0.251 e. The molecule has 2 saturated heterocycles. The second kappa shape index (κ2) is 6.69. The van der Waals surface area contributed by atoms with E-state index in [0.717, 1.165) is 38.2 Å². The zero-order valence-corrected chi connectivity index (χ0v) is 13.7. The Morgan fingerprint density at radius 1 is 1.14 bits per heavy atom. The number of hydrogen-bond acceptors (Lipinski definition) is 3. The molecule has 0 unspecified atom stereocenters. The molecule has 0 spiro atoms. The van der Waals surface area contributed by atoms with Crippen LogP contribution in [0.15, 0.2) is 24.3 Å². The molecule has 1 aromatic rings. The van der Waals surface area contributed by atoms with E-state index in [9.17, 15) is 4.79 Å². The molecule has 2 heterocycles. The highest BCUT2D eigenvalue weighted by atomic mass is 16.1. The van der Waals surface area contributed by atoms with E-state index in [2.05, 4.69) is 41.1 Å². The Hall–Kier alpha value is -1.55. The molecule has 2 aliphatic heterocycles. The number of rotatable bonds is 4. The molecular weight excluding hydrogens is 274 g/mol. The lowest BCUT2D eigenvalue weighted by molar-refractivity contribution is 0.0936. The SMILES string of the molecule is CC(C)N1CC[C@H](NC(=O)c2ccc(N3CCCC3)cc2)C1. The van der Waals surface area contributed by atoms with Crippen LogP contribution in [0.3, 0.4) is 0 Å². The van der Waals surface area contributed by atoms with Crippen molar-refractivity contribution in [3.05, 3.63) is 29.8 Å². The third-order valence-electron chi connectivity index (χ3n) is 4.89. The van der Waals surface area contributed by atoms with Gasteiger partial charge in [0.2, 0.25) is 0 Å². The summed E-state index contributed by atoms with van der Waals surface area (Å²) in [6, 6.07) is 8.91. The first-order valence-corrected chi connectivity index (χ1v) is 8.53. The van der Waals surface area contributed by atoms with E-state index in [1.165, 1.54) is 18.5 Å². The Morgan fingerprint density at radius 3 is 2.41 bits per heavy atom. The predicted octanol–water partition coefficient (Wildman–Crippen LogP) is 2.50. The lowest BCUT2D eigenvalue weighted by atomic mass is 10.1. The molecule has 0 aliphatic carbocycles. The molecule has 0 bridgehead atoms. The highest BCUT2D eigenvalue weighted by molar-refractivity contribution is 5.94. The van der Waals surface area contributed by atoms with Crippen LogP contribution in [0.2, 0.25) is 0 Å². The Morgan fingerprint density at radius 2 is 1.82 bits per heavy atom. The van der Waals surface area contributed by atoms with Gasteiger partial charge in [0.25, 0.3) is 5.91 Å². The summed E-state index contributed by atoms with van der Waals surface area (Å²) in [6.07, 6.45) is 3.60. The molecule has 2 fully saturated rings. The molecule has 4 nitrogen and oxygen atoms in total. The lowest BCUT2D eigenvalue weighted by Gasteiger charge is -2.20. The van der Waals surface area contributed by atoms with Crippen LogP contribution in [0, 0.1) is 0 Å². The van der Waals surface area contributed by atoms with E-state index in [0.29, 0.717) is 6.04 Å². The van der Waals surface area contributed by atoms with Crippen molar-refractivity contribution in [3.8, 4) is 0 Å². The number of likely N-dealkylation sites (tertiary alicyclic amines) is 1. The van der Waals surface area contributed by atoms with Crippen LogP contribution >= 0.6 is 0 Å². The van der Waals surface area contributed by atoms with Gasteiger partial charge in [0.1, 0.15) is 0 Å². The van der Waals surface area contributed by atoms with E-state index in [1.54, 1.807) is 0 Å². The Kier molecular flexibility index (Phi) is 4.67. The van der Waals surface area contributed by atoms with Gasteiger partial charge in [0.05, 0.1) is 0 Å². The molecule has 1 aromatic carbocycles. The van der Waals surface area contributed by atoms with Gasteiger partial charge in [-0.15, -0.1) is 0 Å². The summed E-state index contributed by atoms with van der Waals surface area (Å²) in [4.78, 5) is 17.2. The quantitative estimate of drug-likeness (QED) is 0.928. The molecule has 1 amide bonds. The fourth-order valence-corrected chi connectivity index (χ4v) is 3.44. The van der Waals surface area contributed by atoms with Crippen molar-refractivity contribution in [2.24, 2.45) is 0 Å². The number of nitrogens with zero attached hydrogens (tertiary/aromatic N) is 2. The minimum atomic E-state index is 0.0589. The number of anilines is 1. The maximum absolute atomic E-state index is 12.4. The molecule has 4 heteroatoms. The van der Waals surface area contributed by atoms with Gasteiger partial charge in [-0.2, -0.15) is 0 Å². The number of carbonyl (C=O) groups is 1. The Labute approximate surface area is 133 Å². The highest BCUT2D eigenvalue weighted by Crippen LogP contribution is 2.20. The number of amides is 1. The highest BCUT2D eigenvalue weighted by Gasteiger charge is 2.25. The van der Waals surface area contributed by atoms with Crippen molar-refractivity contribution >= 4 is 11.6 Å². The topological polar surface area (TPSA) is 35.6 Å². The average Bonchev–Trinajstić information content (AvgIpc) is 3.19. The van der Waals surface area contributed by atoms with Crippen molar-refractivity contribution in [1.82, 2.24) is 10.2 Å². The molecule has 0 radical (unpaired) electrons. The summed E-state index contributed by atoms with van der Waals surface area (Å²) < 4.78 is 0. The molecule has 1 N–H and O–H groups in total. The van der Waals surface area contributed by atoms with Crippen molar-refractivity contribution < 1.29 is 4.79 Å². The first kappa shape index (κ1) is 15.3. The van der Waals surface area contributed by atoms with Crippen LogP contribution in [-0.4, -0.2) is 49.1 Å². The molecule has 3 rings (SSSR count).